The van der Waals surface area contributed by atoms with Crippen LogP contribution in [0.4, 0.5) is 0 Å². The van der Waals surface area contributed by atoms with Crippen LogP contribution in [0.2, 0.25) is 0 Å². The Kier molecular flexibility index (Phi) is 10.2. The molecule has 1 aliphatic heterocycles. The summed E-state index contributed by atoms with van der Waals surface area (Å²) >= 11 is 2.00. The number of amides is 1. The highest BCUT2D eigenvalue weighted by atomic mass is 127. The first-order valence-corrected chi connectivity index (χ1v) is 9.06. The highest BCUT2D eigenvalue weighted by Gasteiger charge is 2.15. The van der Waals surface area contributed by atoms with Crippen molar-refractivity contribution in [2.24, 2.45) is 4.99 Å². The van der Waals surface area contributed by atoms with Gasteiger partial charge in [0, 0.05) is 38.9 Å². The second-order valence-corrected chi connectivity index (χ2v) is 7.13. The van der Waals surface area contributed by atoms with Gasteiger partial charge in [0.2, 0.25) is 5.91 Å². The summed E-state index contributed by atoms with van der Waals surface area (Å²) in [7, 11) is 3.48. The Balaban J connectivity index is 0.00000288. The summed E-state index contributed by atoms with van der Waals surface area (Å²) in [4.78, 5) is 17.7. The first kappa shape index (κ1) is 21.1. The van der Waals surface area contributed by atoms with Crippen molar-refractivity contribution in [3.05, 3.63) is 24.2 Å². The fraction of sp³-hybridized carbons (Fsp3) is 0.625. The first-order chi connectivity index (χ1) is 11.1. The molecule has 1 aliphatic rings. The number of nitrogens with one attached hydrogen (secondary N) is 2. The molecule has 2 heterocycles. The van der Waals surface area contributed by atoms with Gasteiger partial charge in [-0.3, -0.25) is 4.79 Å². The van der Waals surface area contributed by atoms with E-state index in [1.165, 1.54) is 18.6 Å². The lowest BCUT2D eigenvalue weighted by atomic mass is 10.2. The molecule has 2 rings (SSSR count). The van der Waals surface area contributed by atoms with Gasteiger partial charge in [-0.1, -0.05) is 0 Å². The fourth-order valence-corrected chi connectivity index (χ4v) is 3.44. The number of thioether (sulfide) groups is 1. The Morgan fingerprint density at radius 3 is 2.92 bits per heavy atom. The van der Waals surface area contributed by atoms with Crippen molar-refractivity contribution in [3.63, 3.8) is 0 Å². The zero-order valence-corrected chi connectivity index (χ0v) is 17.4. The molecule has 1 aromatic rings. The monoisotopic (exact) mass is 466 g/mol. The SMILES string of the molecule is CN(C)C(=O)CN=C(NCCc1ccco1)NCC1CCCS1.I. The number of furan rings is 1. The van der Waals surface area contributed by atoms with E-state index in [0.29, 0.717) is 17.8 Å². The maximum absolute atomic E-state index is 11.7. The molecule has 1 amide bonds. The van der Waals surface area contributed by atoms with Crippen molar-refractivity contribution in [2.75, 3.05) is 39.5 Å². The third-order valence-corrected chi connectivity index (χ3v) is 5.03. The number of guanidine groups is 1. The standard InChI is InChI=1S/C16H26N4O2S.HI/c1-20(2)15(21)12-19-16(18-11-14-6-4-10-23-14)17-8-7-13-5-3-9-22-13;/h3,5,9,14H,4,6-8,10-12H2,1-2H3,(H2,17,18,19);1H. The van der Waals surface area contributed by atoms with E-state index in [0.717, 1.165) is 18.7 Å². The van der Waals surface area contributed by atoms with E-state index < -0.39 is 0 Å². The number of hydrogen-bond acceptors (Lipinski definition) is 4. The van der Waals surface area contributed by atoms with Gasteiger partial charge in [0.25, 0.3) is 0 Å². The van der Waals surface area contributed by atoms with Gasteiger partial charge < -0.3 is 20.0 Å². The van der Waals surface area contributed by atoms with Crippen molar-refractivity contribution in [3.8, 4) is 0 Å². The molecule has 1 atom stereocenters. The third kappa shape index (κ3) is 7.78. The maximum atomic E-state index is 11.7. The van der Waals surface area contributed by atoms with E-state index >= 15 is 0 Å². The van der Waals surface area contributed by atoms with Crippen LogP contribution < -0.4 is 10.6 Å². The Morgan fingerprint density at radius 2 is 2.29 bits per heavy atom. The number of likely N-dealkylation sites (N-methyl/N-ethyl adjacent to an activating group) is 1. The zero-order chi connectivity index (χ0) is 16.5. The number of aliphatic imine (C=N–C) groups is 1. The molecule has 0 aromatic carbocycles. The van der Waals surface area contributed by atoms with Crippen LogP contribution in [0.1, 0.15) is 18.6 Å². The molecule has 1 saturated heterocycles. The quantitative estimate of drug-likeness (QED) is 0.366. The number of carbonyl (C=O) groups is 1. The van der Waals surface area contributed by atoms with E-state index in [2.05, 4.69) is 15.6 Å². The average Bonchev–Trinajstić information content (AvgIpc) is 3.22. The van der Waals surface area contributed by atoms with E-state index in [9.17, 15) is 4.79 Å². The van der Waals surface area contributed by atoms with Crippen molar-refractivity contribution >= 4 is 47.6 Å². The molecular formula is C16H27IN4O2S. The summed E-state index contributed by atoms with van der Waals surface area (Å²) in [5.41, 5.74) is 0. The number of carbonyl (C=O) groups excluding carboxylic acids is 1. The Hall–Kier alpha value is -0.900. The highest BCUT2D eigenvalue weighted by molar-refractivity contribution is 14.0. The molecule has 1 fully saturated rings. The van der Waals surface area contributed by atoms with E-state index in [4.69, 9.17) is 4.42 Å². The van der Waals surface area contributed by atoms with Gasteiger partial charge in [0.05, 0.1) is 6.26 Å². The predicted octanol–water partition coefficient (Wildman–Crippen LogP) is 1.96. The van der Waals surface area contributed by atoms with Crippen molar-refractivity contribution in [1.29, 1.82) is 0 Å². The smallest absolute Gasteiger partial charge is 0.243 e. The number of hydrogen-bond donors (Lipinski definition) is 2. The minimum absolute atomic E-state index is 0. The molecule has 8 heteroatoms. The summed E-state index contributed by atoms with van der Waals surface area (Å²) < 4.78 is 5.32. The molecule has 6 nitrogen and oxygen atoms in total. The van der Waals surface area contributed by atoms with E-state index in [1.54, 1.807) is 25.3 Å². The van der Waals surface area contributed by atoms with Gasteiger partial charge >= 0.3 is 0 Å². The van der Waals surface area contributed by atoms with Gasteiger partial charge in [-0.05, 0) is 30.7 Å². The van der Waals surface area contributed by atoms with Crippen LogP contribution in [-0.4, -0.2) is 61.5 Å². The Bertz CT molecular complexity index is 502. The minimum Gasteiger partial charge on any atom is -0.469 e. The molecule has 0 aliphatic carbocycles. The molecule has 2 N–H and O–H groups in total. The van der Waals surface area contributed by atoms with Gasteiger partial charge in [0.15, 0.2) is 5.96 Å². The van der Waals surface area contributed by atoms with Gasteiger partial charge in [-0.15, -0.1) is 24.0 Å². The fourth-order valence-electron chi connectivity index (χ4n) is 2.24. The zero-order valence-electron chi connectivity index (χ0n) is 14.3. The molecule has 0 spiro atoms. The van der Waals surface area contributed by atoms with Crippen LogP contribution >= 0.6 is 35.7 Å². The summed E-state index contributed by atoms with van der Waals surface area (Å²) in [5, 5.41) is 7.26. The van der Waals surface area contributed by atoms with Crippen LogP contribution in [0.3, 0.4) is 0 Å². The average molecular weight is 466 g/mol. The lowest BCUT2D eigenvalue weighted by molar-refractivity contribution is -0.127. The van der Waals surface area contributed by atoms with E-state index in [-0.39, 0.29) is 36.4 Å². The van der Waals surface area contributed by atoms with Crippen LogP contribution in [-0.2, 0) is 11.2 Å². The topological polar surface area (TPSA) is 69.9 Å². The predicted molar refractivity (Wildman–Crippen MR) is 110 cm³/mol. The summed E-state index contributed by atoms with van der Waals surface area (Å²) in [6.07, 6.45) is 4.99. The molecule has 1 unspecified atom stereocenters. The molecule has 136 valence electrons. The van der Waals surface area contributed by atoms with Crippen LogP contribution in [0.5, 0.6) is 0 Å². The number of rotatable bonds is 7. The summed E-state index contributed by atoms with van der Waals surface area (Å²) in [5.74, 6) is 2.86. The van der Waals surface area contributed by atoms with Crippen LogP contribution in [0.15, 0.2) is 27.8 Å². The second-order valence-electron chi connectivity index (χ2n) is 5.73. The normalized spacial score (nSPS) is 17.2. The molecule has 1 aromatic heterocycles. The number of nitrogens with zero attached hydrogens (tertiary/aromatic N) is 2. The number of halogens is 1. The molecule has 0 radical (unpaired) electrons. The highest BCUT2D eigenvalue weighted by Crippen LogP contribution is 2.25. The lowest BCUT2D eigenvalue weighted by Crippen LogP contribution is -2.41. The van der Waals surface area contributed by atoms with Crippen molar-refractivity contribution < 1.29 is 9.21 Å². The maximum Gasteiger partial charge on any atom is 0.243 e. The summed E-state index contributed by atoms with van der Waals surface area (Å²) in [6, 6.07) is 3.84. The van der Waals surface area contributed by atoms with Crippen LogP contribution in [0.25, 0.3) is 0 Å². The Morgan fingerprint density at radius 1 is 1.46 bits per heavy atom. The van der Waals surface area contributed by atoms with Crippen molar-refractivity contribution in [1.82, 2.24) is 15.5 Å². The lowest BCUT2D eigenvalue weighted by Gasteiger charge is -2.15. The molecular weight excluding hydrogens is 439 g/mol. The van der Waals surface area contributed by atoms with E-state index in [1.807, 2.05) is 23.9 Å². The largest absolute Gasteiger partial charge is 0.469 e. The molecule has 0 bridgehead atoms. The third-order valence-electron chi connectivity index (χ3n) is 3.64. The molecule has 0 saturated carbocycles. The summed E-state index contributed by atoms with van der Waals surface area (Å²) in [6.45, 7) is 1.75. The Labute approximate surface area is 165 Å². The van der Waals surface area contributed by atoms with Gasteiger partial charge in [0.1, 0.15) is 12.3 Å². The second kappa shape index (κ2) is 11.6. The minimum atomic E-state index is -0.00706. The van der Waals surface area contributed by atoms with Gasteiger partial charge in [-0.2, -0.15) is 11.8 Å². The first-order valence-electron chi connectivity index (χ1n) is 8.01. The van der Waals surface area contributed by atoms with Crippen molar-refractivity contribution in [2.45, 2.75) is 24.5 Å². The molecule has 24 heavy (non-hydrogen) atoms. The van der Waals surface area contributed by atoms with Gasteiger partial charge in [-0.25, -0.2) is 4.99 Å². The van der Waals surface area contributed by atoms with Crippen LogP contribution in [0, 0.1) is 0 Å².